The van der Waals surface area contributed by atoms with Gasteiger partial charge in [0.05, 0.1) is 7.11 Å². The van der Waals surface area contributed by atoms with Crippen LogP contribution in [0.1, 0.15) is 25.8 Å². The van der Waals surface area contributed by atoms with Crippen LogP contribution in [0.5, 0.6) is 5.75 Å². The van der Waals surface area contributed by atoms with E-state index < -0.39 is 0 Å². The van der Waals surface area contributed by atoms with Gasteiger partial charge in [0.15, 0.2) is 0 Å². The third-order valence-corrected chi connectivity index (χ3v) is 4.18. The molecule has 0 unspecified atom stereocenters. The number of hydrogen-bond donors (Lipinski definition) is 1. The van der Waals surface area contributed by atoms with Gasteiger partial charge in [-0.25, -0.2) is 0 Å². The first kappa shape index (κ1) is 16.9. The SMILES string of the molecule is C=C/C=C/C=C1/N(CCC(N)=O)c2ccc(OC)cc2C1(C)C. The Balaban J connectivity index is 2.51. The van der Waals surface area contributed by atoms with E-state index >= 15 is 0 Å². The van der Waals surface area contributed by atoms with Gasteiger partial charge in [-0.15, -0.1) is 0 Å². The lowest BCUT2D eigenvalue weighted by atomic mass is 9.83. The highest BCUT2D eigenvalue weighted by molar-refractivity contribution is 5.77. The number of ether oxygens (including phenoxy) is 1. The monoisotopic (exact) mass is 312 g/mol. The Labute approximate surface area is 137 Å². The van der Waals surface area contributed by atoms with Gasteiger partial charge in [0.25, 0.3) is 0 Å². The zero-order valence-corrected chi connectivity index (χ0v) is 14.0. The highest BCUT2D eigenvalue weighted by atomic mass is 16.5. The standard InChI is InChI=1S/C19H24N2O2/c1-5-6-7-8-17-19(2,3)15-13-14(23-4)9-10-16(15)21(17)12-11-18(20)22/h5-10,13H,1,11-12H2,2-4H3,(H2,20,22)/b7-6+,17-8+. The lowest BCUT2D eigenvalue weighted by Gasteiger charge is -2.26. The Morgan fingerprint density at radius 3 is 2.74 bits per heavy atom. The van der Waals surface area contributed by atoms with Crippen molar-refractivity contribution in [3.8, 4) is 5.75 Å². The minimum absolute atomic E-state index is 0.187. The summed E-state index contributed by atoms with van der Waals surface area (Å²) in [5.74, 6) is 0.528. The quantitative estimate of drug-likeness (QED) is 0.820. The molecule has 0 saturated heterocycles. The first-order chi connectivity index (χ1) is 10.9. The van der Waals surface area contributed by atoms with Gasteiger partial charge in [0.2, 0.25) is 5.91 Å². The number of primary amides is 1. The van der Waals surface area contributed by atoms with Gasteiger partial charge < -0.3 is 15.4 Å². The number of fused-ring (bicyclic) bond motifs is 1. The first-order valence-electron chi connectivity index (χ1n) is 7.66. The van der Waals surface area contributed by atoms with E-state index in [1.165, 1.54) is 5.56 Å². The lowest BCUT2D eigenvalue weighted by molar-refractivity contribution is -0.117. The minimum Gasteiger partial charge on any atom is -0.497 e. The van der Waals surface area contributed by atoms with E-state index in [2.05, 4.69) is 37.5 Å². The van der Waals surface area contributed by atoms with Crippen molar-refractivity contribution in [3.63, 3.8) is 0 Å². The number of allylic oxidation sites excluding steroid dienone is 5. The van der Waals surface area contributed by atoms with E-state index in [1.54, 1.807) is 13.2 Å². The number of rotatable bonds is 6. The molecule has 0 aliphatic carbocycles. The molecule has 1 aromatic carbocycles. The van der Waals surface area contributed by atoms with Crippen LogP contribution in [0.15, 0.2) is 54.8 Å². The highest BCUT2D eigenvalue weighted by Crippen LogP contribution is 2.48. The van der Waals surface area contributed by atoms with Gasteiger partial charge in [-0.2, -0.15) is 0 Å². The molecule has 1 aliphatic rings. The lowest BCUT2D eigenvalue weighted by Crippen LogP contribution is -2.29. The zero-order chi connectivity index (χ0) is 17.0. The second-order valence-corrected chi connectivity index (χ2v) is 6.05. The molecule has 1 aliphatic heterocycles. The molecule has 4 heteroatoms. The number of anilines is 1. The van der Waals surface area contributed by atoms with Crippen LogP contribution in [0.4, 0.5) is 5.69 Å². The van der Waals surface area contributed by atoms with Crippen LogP contribution in [0.3, 0.4) is 0 Å². The summed E-state index contributed by atoms with van der Waals surface area (Å²) < 4.78 is 5.36. The van der Waals surface area contributed by atoms with Crippen LogP contribution in [0, 0.1) is 0 Å². The van der Waals surface area contributed by atoms with Gasteiger partial charge in [-0.3, -0.25) is 4.79 Å². The summed E-state index contributed by atoms with van der Waals surface area (Å²) in [5, 5.41) is 0. The van der Waals surface area contributed by atoms with Crippen LogP contribution in [0.25, 0.3) is 0 Å². The maximum absolute atomic E-state index is 11.2. The number of carbonyl (C=O) groups is 1. The van der Waals surface area contributed by atoms with E-state index in [9.17, 15) is 4.79 Å². The van der Waals surface area contributed by atoms with Crippen molar-refractivity contribution in [1.29, 1.82) is 0 Å². The normalized spacial score (nSPS) is 17.5. The fraction of sp³-hybridized carbons (Fsp3) is 0.316. The van der Waals surface area contributed by atoms with E-state index in [4.69, 9.17) is 10.5 Å². The summed E-state index contributed by atoms with van der Waals surface area (Å²) >= 11 is 0. The Morgan fingerprint density at radius 1 is 1.39 bits per heavy atom. The summed E-state index contributed by atoms with van der Waals surface area (Å²) in [5.41, 5.74) is 8.55. The molecule has 2 N–H and O–H groups in total. The van der Waals surface area contributed by atoms with E-state index in [0.717, 1.165) is 17.1 Å². The average molecular weight is 312 g/mol. The molecule has 0 fully saturated rings. The van der Waals surface area contributed by atoms with Gasteiger partial charge in [-0.05, 0) is 29.8 Å². The Kier molecular flexibility index (Phi) is 4.94. The molecular weight excluding hydrogens is 288 g/mol. The smallest absolute Gasteiger partial charge is 0.219 e. The summed E-state index contributed by atoms with van der Waals surface area (Å²) in [7, 11) is 1.66. The number of benzene rings is 1. The largest absolute Gasteiger partial charge is 0.497 e. The predicted octanol–water partition coefficient (Wildman–Crippen LogP) is 3.29. The fourth-order valence-electron chi connectivity index (χ4n) is 2.97. The molecule has 0 radical (unpaired) electrons. The number of amides is 1. The van der Waals surface area contributed by atoms with Crippen LogP contribution < -0.4 is 15.4 Å². The third kappa shape index (κ3) is 3.31. The van der Waals surface area contributed by atoms with Crippen LogP contribution in [0.2, 0.25) is 0 Å². The van der Waals surface area contributed by atoms with Crippen LogP contribution in [-0.4, -0.2) is 19.6 Å². The Morgan fingerprint density at radius 2 is 2.13 bits per heavy atom. The average Bonchev–Trinajstić information content (AvgIpc) is 2.73. The molecular formula is C19H24N2O2. The maximum Gasteiger partial charge on any atom is 0.219 e. The van der Waals surface area contributed by atoms with Crippen molar-refractivity contribution in [3.05, 3.63) is 60.3 Å². The Bertz CT molecular complexity index is 672. The second-order valence-electron chi connectivity index (χ2n) is 6.05. The van der Waals surface area contributed by atoms with Crippen LogP contribution >= 0.6 is 0 Å². The molecule has 0 saturated carbocycles. The number of methoxy groups -OCH3 is 1. The number of carbonyl (C=O) groups excluding carboxylic acids is 1. The molecule has 1 amide bonds. The van der Waals surface area contributed by atoms with Crippen molar-refractivity contribution in [2.24, 2.45) is 5.73 Å². The van der Waals surface area contributed by atoms with E-state index in [-0.39, 0.29) is 11.3 Å². The summed E-state index contributed by atoms with van der Waals surface area (Å²) in [6.45, 7) is 8.60. The molecule has 0 bridgehead atoms. The maximum atomic E-state index is 11.2. The van der Waals surface area contributed by atoms with Gasteiger partial charge in [0, 0.05) is 29.8 Å². The summed E-state index contributed by atoms with van der Waals surface area (Å²) in [6.07, 6.45) is 7.96. The summed E-state index contributed by atoms with van der Waals surface area (Å²) in [6, 6.07) is 6.04. The predicted molar refractivity (Wildman–Crippen MR) is 94.6 cm³/mol. The number of hydrogen-bond acceptors (Lipinski definition) is 3. The number of nitrogens with two attached hydrogens (primary N) is 1. The van der Waals surface area contributed by atoms with Gasteiger partial charge >= 0.3 is 0 Å². The highest BCUT2D eigenvalue weighted by Gasteiger charge is 2.40. The minimum atomic E-state index is -0.300. The molecule has 1 heterocycles. The Hall–Kier alpha value is -2.49. The molecule has 23 heavy (non-hydrogen) atoms. The number of nitrogens with zero attached hydrogens (tertiary/aromatic N) is 1. The summed E-state index contributed by atoms with van der Waals surface area (Å²) in [4.78, 5) is 13.4. The van der Waals surface area contributed by atoms with Crippen molar-refractivity contribution < 1.29 is 9.53 Å². The molecule has 4 nitrogen and oxygen atoms in total. The molecule has 122 valence electrons. The fourth-order valence-corrected chi connectivity index (χ4v) is 2.97. The van der Waals surface area contributed by atoms with E-state index in [0.29, 0.717) is 13.0 Å². The van der Waals surface area contributed by atoms with Crippen molar-refractivity contribution in [2.45, 2.75) is 25.7 Å². The van der Waals surface area contributed by atoms with Crippen molar-refractivity contribution in [2.75, 3.05) is 18.6 Å². The molecule has 0 spiro atoms. The zero-order valence-electron chi connectivity index (χ0n) is 14.0. The van der Waals surface area contributed by atoms with E-state index in [1.807, 2.05) is 24.3 Å². The first-order valence-corrected chi connectivity index (χ1v) is 7.66. The van der Waals surface area contributed by atoms with Crippen molar-refractivity contribution >= 4 is 11.6 Å². The second kappa shape index (κ2) is 6.73. The van der Waals surface area contributed by atoms with Crippen molar-refractivity contribution in [1.82, 2.24) is 0 Å². The topological polar surface area (TPSA) is 55.6 Å². The third-order valence-electron chi connectivity index (χ3n) is 4.18. The van der Waals surface area contributed by atoms with Gasteiger partial charge in [-0.1, -0.05) is 38.7 Å². The molecule has 1 aromatic rings. The molecule has 2 rings (SSSR count). The van der Waals surface area contributed by atoms with Gasteiger partial charge in [0.1, 0.15) is 5.75 Å². The molecule has 0 atom stereocenters. The molecule has 0 aromatic heterocycles. The van der Waals surface area contributed by atoms with Crippen LogP contribution in [-0.2, 0) is 10.2 Å².